The molecule has 2 heterocycles. The van der Waals surface area contributed by atoms with Gasteiger partial charge in [0.1, 0.15) is 17.5 Å². The number of sulfonamides is 1. The minimum Gasteiger partial charge on any atom is -0.340 e. The molecule has 0 saturated carbocycles. The molecule has 0 aromatic heterocycles. The molecule has 0 spiro atoms. The molecule has 9 nitrogen and oxygen atoms in total. The van der Waals surface area contributed by atoms with E-state index in [4.69, 9.17) is 11.7 Å². The van der Waals surface area contributed by atoms with Gasteiger partial charge in [0.25, 0.3) is 10.0 Å². The number of fused-ring (bicyclic) bond motifs is 1. The Morgan fingerprint density at radius 2 is 2.16 bits per heavy atom. The molecule has 3 atom stereocenters. The van der Waals surface area contributed by atoms with Gasteiger partial charge >= 0.3 is 6.03 Å². The van der Waals surface area contributed by atoms with Gasteiger partial charge in [-0.3, -0.25) is 9.79 Å². The normalized spacial score (nSPS) is 22.3. The van der Waals surface area contributed by atoms with Crippen LogP contribution in [0.5, 0.6) is 0 Å². The first-order valence-electron chi connectivity index (χ1n) is 8.78. The number of hydrogen-bond acceptors (Lipinski definition) is 6. The highest BCUT2D eigenvalue weighted by Crippen LogP contribution is 2.33. The molecule has 3 rings (SSSR count). The topological polar surface area (TPSA) is 132 Å². The van der Waals surface area contributed by atoms with Gasteiger partial charge in [0.05, 0.1) is 11.8 Å². The zero-order valence-electron chi connectivity index (χ0n) is 16.0. The van der Waals surface area contributed by atoms with Gasteiger partial charge in [0.15, 0.2) is 17.7 Å². The fourth-order valence-electron chi connectivity index (χ4n) is 3.15. The van der Waals surface area contributed by atoms with Crippen molar-refractivity contribution in [2.24, 2.45) is 10.9 Å². The van der Waals surface area contributed by atoms with Crippen molar-refractivity contribution in [3.63, 3.8) is 0 Å². The molecule has 2 aliphatic heterocycles. The third kappa shape index (κ3) is 3.98. The molecule has 160 valence electrons. The van der Waals surface area contributed by atoms with Gasteiger partial charge in [-0.2, -0.15) is 5.26 Å². The summed E-state index contributed by atoms with van der Waals surface area (Å²) in [5, 5.41) is 13.4. The Bertz CT molecular complexity index is 1210. The van der Waals surface area contributed by atoms with E-state index in [1.165, 1.54) is 6.21 Å². The van der Waals surface area contributed by atoms with E-state index >= 15 is 0 Å². The highest BCUT2D eigenvalue weighted by atomic mass is 32.2. The number of anilines is 1. The van der Waals surface area contributed by atoms with E-state index < -0.39 is 68.7 Å². The van der Waals surface area contributed by atoms with E-state index in [0.717, 1.165) is 6.07 Å². The molecule has 3 amide bonds. The van der Waals surface area contributed by atoms with Crippen molar-refractivity contribution in [1.29, 1.82) is 5.26 Å². The number of terminal acetylenes is 1. The fraction of sp³-hybridized carbons (Fsp3) is 0.263. The molecule has 2 aliphatic rings. The van der Waals surface area contributed by atoms with Gasteiger partial charge < -0.3 is 10.6 Å². The second kappa shape index (κ2) is 8.16. The highest BCUT2D eigenvalue weighted by molar-refractivity contribution is 7.90. The number of halogens is 2. The van der Waals surface area contributed by atoms with Crippen molar-refractivity contribution in [2.75, 3.05) is 11.9 Å². The summed E-state index contributed by atoms with van der Waals surface area (Å²) >= 11 is 0. The molecule has 1 aromatic rings. The molecule has 31 heavy (non-hydrogen) atoms. The van der Waals surface area contributed by atoms with Gasteiger partial charge in [-0.25, -0.2) is 26.3 Å². The lowest BCUT2D eigenvalue weighted by molar-refractivity contribution is -0.121. The zero-order chi connectivity index (χ0) is 22.9. The molecule has 1 aromatic carbocycles. The number of aliphatic imine (C=N–C) groups is 1. The van der Waals surface area contributed by atoms with Crippen molar-refractivity contribution in [3.05, 3.63) is 35.4 Å². The quantitative estimate of drug-likeness (QED) is 0.528. The summed E-state index contributed by atoms with van der Waals surface area (Å²) < 4.78 is 53.1. The number of carbonyl (C=O) groups excluding carboxylic acids is 2. The van der Waals surface area contributed by atoms with Gasteiger partial charge in [-0.05, 0) is 25.1 Å². The van der Waals surface area contributed by atoms with E-state index in [1.807, 2.05) is 6.07 Å². The lowest BCUT2D eigenvalue weighted by Crippen LogP contribution is -2.51. The molecule has 0 radical (unpaired) electrons. The lowest BCUT2D eigenvalue weighted by Gasteiger charge is -2.29. The van der Waals surface area contributed by atoms with Crippen LogP contribution in [0, 0.1) is 41.2 Å². The number of amides is 3. The molecule has 0 fully saturated rings. The summed E-state index contributed by atoms with van der Waals surface area (Å²) in [6.07, 6.45) is 8.45. The maximum absolute atomic E-state index is 14.1. The van der Waals surface area contributed by atoms with Crippen molar-refractivity contribution in [1.82, 2.24) is 9.62 Å². The summed E-state index contributed by atoms with van der Waals surface area (Å²) in [5.74, 6) is -2.27. The summed E-state index contributed by atoms with van der Waals surface area (Å²) in [6, 6.07) is 0.679. The van der Waals surface area contributed by atoms with Crippen molar-refractivity contribution < 1.29 is 26.8 Å². The largest absolute Gasteiger partial charge is 0.340 e. The number of hydrogen-bond donors (Lipinski definition) is 2. The lowest BCUT2D eigenvalue weighted by atomic mass is 9.90. The number of carbonyl (C=O) groups is 2. The zero-order valence-corrected chi connectivity index (χ0v) is 16.8. The monoisotopic (exact) mass is 447 g/mol. The highest BCUT2D eigenvalue weighted by Gasteiger charge is 2.41. The Morgan fingerprint density at radius 3 is 2.77 bits per heavy atom. The average molecular weight is 447 g/mol. The van der Waals surface area contributed by atoms with Gasteiger partial charge in [-0.1, -0.05) is 11.5 Å². The number of benzene rings is 1. The Hall–Kier alpha value is -3.77. The third-order valence-corrected chi connectivity index (χ3v) is 6.48. The van der Waals surface area contributed by atoms with Crippen LogP contribution in [0.1, 0.15) is 6.92 Å². The Morgan fingerprint density at radius 1 is 1.45 bits per heavy atom. The number of nitriles is 1. The minimum absolute atomic E-state index is 0.0874. The molecule has 2 N–H and O–H groups in total. The van der Waals surface area contributed by atoms with Crippen molar-refractivity contribution in [3.8, 4) is 18.4 Å². The Labute approximate surface area is 176 Å². The van der Waals surface area contributed by atoms with Crippen LogP contribution < -0.4 is 10.6 Å². The smallest absolute Gasteiger partial charge is 0.336 e. The van der Waals surface area contributed by atoms with Crippen LogP contribution >= 0.6 is 0 Å². The van der Waals surface area contributed by atoms with Gasteiger partial charge in [0, 0.05) is 12.1 Å². The minimum atomic E-state index is -4.85. The number of rotatable bonds is 4. The summed E-state index contributed by atoms with van der Waals surface area (Å²) in [4.78, 5) is 27.6. The number of urea groups is 1. The van der Waals surface area contributed by atoms with Crippen LogP contribution in [0.15, 0.2) is 33.7 Å². The van der Waals surface area contributed by atoms with Gasteiger partial charge in [-0.15, -0.1) is 6.42 Å². The van der Waals surface area contributed by atoms with Crippen LogP contribution in [0.25, 0.3) is 0 Å². The van der Waals surface area contributed by atoms with Crippen molar-refractivity contribution >= 4 is 33.9 Å². The maximum Gasteiger partial charge on any atom is 0.336 e. The molecule has 12 heteroatoms. The predicted octanol–water partition coefficient (Wildman–Crippen LogP) is 1.16. The average Bonchev–Trinajstić information content (AvgIpc) is 2.72. The first kappa shape index (κ1) is 21.9. The summed E-state index contributed by atoms with van der Waals surface area (Å²) in [6.45, 7) is 0.669. The number of nitrogens with one attached hydrogen (secondary N) is 2. The van der Waals surface area contributed by atoms with E-state index in [9.17, 15) is 26.8 Å². The standard InChI is InChI=1S/C19H15F2N5O4S/c1-3-14(12-8-23-11(7-22)6-10(12)2)24-16(27)9-26-19(28)25-15-5-4-13(20)17(21)18(15)31(26,29)30/h1,4-6,8,11-12,14H,9H2,2H3,(H,24,27)(H,25,28)/t11?,12?,14-/m0/s1. The molecule has 0 aliphatic carbocycles. The van der Waals surface area contributed by atoms with E-state index in [0.29, 0.717) is 11.6 Å². The summed E-state index contributed by atoms with van der Waals surface area (Å²) in [7, 11) is -4.85. The van der Waals surface area contributed by atoms with Crippen LogP contribution in [0.3, 0.4) is 0 Å². The summed E-state index contributed by atoms with van der Waals surface area (Å²) in [5.41, 5.74) is 0.230. The van der Waals surface area contributed by atoms with Crippen LogP contribution in [-0.4, -0.2) is 49.5 Å². The fourth-order valence-corrected chi connectivity index (χ4v) is 4.64. The van der Waals surface area contributed by atoms with E-state index in [-0.39, 0.29) is 4.31 Å². The van der Waals surface area contributed by atoms with E-state index in [1.54, 1.807) is 13.0 Å². The first-order valence-corrected chi connectivity index (χ1v) is 10.2. The molecular weight excluding hydrogens is 432 g/mol. The van der Waals surface area contributed by atoms with Gasteiger partial charge in [0.2, 0.25) is 5.91 Å². The SMILES string of the molecule is C#C[C@H](NC(=O)CN1C(=O)Nc2ccc(F)c(F)c2S1(=O)=O)C1C=NC(C#N)C=C1C. The molecular formula is C19H15F2N5O4S. The van der Waals surface area contributed by atoms with Crippen LogP contribution in [0.4, 0.5) is 19.3 Å². The maximum atomic E-state index is 14.1. The Kier molecular flexibility index (Phi) is 5.77. The second-order valence-electron chi connectivity index (χ2n) is 6.70. The molecule has 2 unspecified atom stereocenters. The molecule has 0 bridgehead atoms. The van der Waals surface area contributed by atoms with Crippen LogP contribution in [0.2, 0.25) is 0 Å². The number of dihydropyridines is 1. The third-order valence-electron chi connectivity index (χ3n) is 4.69. The second-order valence-corrected chi connectivity index (χ2v) is 8.50. The van der Waals surface area contributed by atoms with E-state index in [2.05, 4.69) is 21.5 Å². The Balaban J connectivity index is 1.81. The molecule has 0 saturated heterocycles. The van der Waals surface area contributed by atoms with Crippen LogP contribution in [-0.2, 0) is 14.8 Å². The van der Waals surface area contributed by atoms with Crippen molar-refractivity contribution in [2.45, 2.75) is 23.9 Å². The number of nitrogens with zero attached hydrogens (tertiary/aromatic N) is 3. The predicted molar refractivity (Wildman–Crippen MR) is 105 cm³/mol. The first-order chi connectivity index (χ1) is 14.6.